The Labute approximate surface area is 208 Å². The highest BCUT2D eigenvalue weighted by Gasteiger charge is 2.47. The van der Waals surface area contributed by atoms with E-state index in [0.717, 1.165) is 22.0 Å². The molecule has 0 radical (unpaired) electrons. The third-order valence-electron chi connectivity index (χ3n) is 6.43. The largest absolute Gasteiger partial charge is 0.507 e. The highest BCUT2D eigenvalue weighted by molar-refractivity contribution is 6.46. The monoisotopic (exact) mass is 482 g/mol. The van der Waals surface area contributed by atoms with Gasteiger partial charge < -0.3 is 24.5 Å². The lowest BCUT2D eigenvalue weighted by Crippen LogP contribution is -2.29. The number of nitrogens with zero attached hydrogens (tertiary/aromatic N) is 1. The van der Waals surface area contributed by atoms with Crippen molar-refractivity contribution in [1.82, 2.24) is 9.88 Å². The number of carbonyl (C=O) groups is 2. The van der Waals surface area contributed by atoms with E-state index in [1.807, 2.05) is 55.5 Å². The number of ketones is 1. The van der Waals surface area contributed by atoms with Crippen LogP contribution in [0.5, 0.6) is 11.5 Å². The zero-order chi connectivity index (χ0) is 25.2. The number of aliphatic hydroxyl groups is 1. The summed E-state index contributed by atoms with van der Waals surface area (Å²) in [6.07, 6.45) is 1.79. The molecule has 0 bridgehead atoms. The molecule has 4 aromatic rings. The molecule has 182 valence electrons. The van der Waals surface area contributed by atoms with E-state index in [-0.39, 0.29) is 17.9 Å². The number of para-hydroxylation sites is 2. The molecule has 1 atom stereocenters. The summed E-state index contributed by atoms with van der Waals surface area (Å²) < 4.78 is 11.0. The van der Waals surface area contributed by atoms with E-state index in [4.69, 9.17) is 9.47 Å². The first kappa shape index (κ1) is 23.2. The molecule has 1 aliphatic heterocycles. The Kier molecular flexibility index (Phi) is 6.21. The molecule has 7 heteroatoms. The van der Waals surface area contributed by atoms with Gasteiger partial charge in [0.25, 0.3) is 11.7 Å². The average molecular weight is 483 g/mol. The van der Waals surface area contributed by atoms with E-state index >= 15 is 0 Å². The normalized spacial score (nSPS) is 17.1. The molecule has 1 aliphatic rings. The Morgan fingerprint density at radius 1 is 1.00 bits per heavy atom. The molecule has 1 amide bonds. The number of amides is 1. The van der Waals surface area contributed by atoms with E-state index in [1.54, 1.807) is 37.6 Å². The van der Waals surface area contributed by atoms with Crippen molar-refractivity contribution in [2.24, 2.45) is 0 Å². The maximum atomic E-state index is 13.4. The van der Waals surface area contributed by atoms with Gasteiger partial charge >= 0.3 is 0 Å². The molecule has 5 rings (SSSR count). The number of likely N-dealkylation sites (tertiary alicyclic amines) is 1. The smallest absolute Gasteiger partial charge is 0.295 e. The van der Waals surface area contributed by atoms with Gasteiger partial charge in [-0.3, -0.25) is 9.59 Å². The molecule has 3 aromatic carbocycles. The van der Waals surface area contributed by atoms with Gasteiger partial charge in [-0.05, 0) is 43.3 Å². The number of aromatic nitrogens is 1. The van der Waals surface area contributed by atoms with E-state index in [2.05, 4.69) is 4.98 Å². The van der Waals surface area contributed by atoms with Crippen molar-refractivity contribution < 1.29 is 24.2 Å². The van der Waals surface area contributed by atoms with Crippen LogP contribution in [0.4, 0.5) is 0 Å². The number of rotatable bonds is 7. The lowest BCUT2D eigenvalue weighted by Gasteiger charge is -2.25. The predicted octanol–water partition coefficient (Wildman–Crippen LogP) is 5.20. The molecule has 0 saturated carbocycles. The van der Waals surface area contributed by atoms with Crippen LogP contribution in [0.15, 0.2) is 84.6 Å². The minimum atomic E-state index is -0.794. The van der Waals surface area contributed by atoms with Gasteiger partial charge in [0.15, 0.2) is 0 Å². The Balaban J connectivity index is 1.67. The van der Waals surface area contributed by atoms with Crippen molar-refractivity contribution in [3.63, 3.8) is 0 Å². The molecule has 1 unspecified atom stereocenters. The molecule has 36 heavy (non-hydrogen) atoms. The van der Waals surface area contributed by atoms with Crippen LogP contribution in [0.2, 0.25) is 0 Å². The van der Waals surface area contributed by atoms with Crippen LogP contribution in [-0.2, 0) is 16.1 Å². The molecule has 0 spiro atoms. The Hall–Kier alpha value is -4.52. The quantitative estimate of drug-likeness (QED) is 0.215. The molecular formula is C29H26N2O5. The Morgan fingerprint density at radius 2 is 1.72 bits per heavy atom. The lowest BCUT2D eigenvalue weighted by atomic mass is 9.94. The van der Waals surface area contributed by atoms with Crippen molar-refractivity contribution in [3.8, 4) is 11.5 Å². The summed E-state index contributed by atoms with van der Waals surface area (Å²) in [5.41, 5.74) is 2.83. The number of benzene rings is 3. The Morgan fingerprint density at radius 3 is 2.47 bits per heavy atom. The van der Waals surface area contributed by atoms with Gasteiger partial charge in [-0.2, -0.15) is 0 Å². The number of nitrogens with one attached hydrogen (secondary N) is 1. The summed E-state index contributed by atoms with van der Waals surface area (Å²) in [6, 6.07) is 21.1. The second kappa shape index (κ2) is 9.62. The van der Waals surface area contributed by atoms with Crippen LogP contribution in [0.3, 0.4) is 0 Å². The molecule has 1 saturated heterocycles. The van der Waals surface area contributed by atoms with E-state index in [0.29, 0.717) is 23.7 Å². The molecule has 7 nitrogen and oxygen atoms in total. The van der Waals surface area contributed by atoms with Crippen LogP contribution in [-0.4, -0.2) is 40.4 Å². The molecule has 2 heterocycles. The first-order valence-electron chi connectivity index (χ1n) is 11.7. The second-order valence-corrected chi connectivity index (χ2v) is 8.49. The number of hydrogen-bond donors (Lipinski definition) is 2. The fraction of sp³-hybridized carbons (Fsp3) is 0.172. The number of carbonyl (C=O) groups excluding carboxylic acids is 2. The highest BCUT2D eigenvalue weighted by atomic mass is 16.5. The molecule has 0 aliphatic carbocycles. The number of H-pyrrole nitrogens is 1. The van der Waals surface area contributed by atoms with Crippen molar-refractivity contribution in [2.45, 2.75) is 19.5 Å². The van der Waals surface area contributed by atoms with E-state index < -0.39 is 17.7 Å². The number of methoxy groups -OCH3 is 1. The van der Waals surface area contributed by atoms with Crippen molar-refractivity contribution in [1.29, 1.82) is 0 Å². The van der Waals surface area contributed by atoms with Gasteiger partial charge in [-0.1, -0.05) is 36.4 Å². The van der Waals surface area contributed by atoms with Crippen molar-refractivity contribution >= 4 is 28.4 Å². The van der Waals surface area contributed by atoms with Crippen LogP contribution in [0, 0.1) is 0 Å². The SMILES string of the molecule is CCOc1ccc(/C(O)=C2\C(=O)C(=O)N(Cc3ccccc3OC)C2c2c[nH]c3ccccc23)cc1. The maximum absolute atomic E-state index is 13.4. The van der Waals surface area contributed by atoms with Gasteiger partial charge in [0.1, 0.15) is 17.3 Å². The lowest BCUT2D eigenvalue weighted by molar-refractivity contribution is -0.140. The van der Waals surface area contributed by atoms with Crippen molar-refractivity contribution in [2.75, 3.05) is 13.7 Å². The second-order valence-electron chi connectivity index (χ2n) is 8.49. The van der Waals surface area contributed by atoms with Crippen LogP contribution in [0.1, 0.15) is 29.7 Å². The van der Waals surface area contributed by atoms with Crippen LogP contribution in [0.25, 0.3) is 16.7 Å². The van der Waals surface area contributed by atoms with E-state index in [9.17, 15) is 14.7 Å². The van der Waals surface area contributed by atoms with Gasteiger partial charge in [0, 0.05) is 33.8 Å². The first-order chi connectivity index (χ1) is 17.5. The molecule has 1 fully saturated rings. The first-order valence-corrected chi connectivity index (χ1v) is 11.7. The summed E-state index contributed by atoms with van der Waals surface area (Å²) in [7, 11) is 1.57. The zero-order valence-corrected chi connectivity index (χ0v) is 20.0. The van der Waals surface area contributed by atoms with E-state index in [1.165, 1.54) is 4.90 Å². The van der Waals surface area contributed by atoms with Crippen LogP contribution >= 0.6 is 0 Å². The fourth-order valence-electron chi connectivity index (χ4n) is 4.73. The average Bonchev–Trinajstić information content (AvgIpc) is 3.43. The highest BCUT2D eigenvalue weighted by Crippen LogP contribution is 2.43. The number of fused-ring (bicyclic) bond motifs is 1. The zero-order valence-electron chi connectivity index (χ0n) is 20.0. The van der Waals surface area contributed by atoms with Gasteiger partial charge in [-0.15, -0.1) is 0 Å². The number of hydrogen-bond acceptors (Lipinski definition) is 5. The number of aliphatic hydroxyl groups excluding tert-OH is 1. The molecule has 2 N–H and O–H groups in total. The van der Waals surface area contributed by atoms with Gasteiger partial charge in [0.2, 0.25) is 0 Å². The summed E-state index contributed by atoms with van der Waals surface area (Å²) >= 11 is 0. The number of ether oxygens (including phenoxy) is 2. The van der Waals surface area contributed by atoms with Crippen LogP contribution < -0.4 is 9.47 Å². The van der Waals surface area contributed by atoms with Gasteiger partial charge in [-0.25, -0.2) is 0 Å². The summed E-state index contributed by atoms with van der Waals surface area (Å²) in [5, 5.41) is 12.2. The Bertz CT molecular complexity index is 1470. The summed E-state index contributed by atoms with van der Waals surface area (Å²) in [4.78, 5) is 31.5. The van der Waals surface area contributed by atoms with Crippen molar-refractivity contribution in [3.05, 3.63) is 101 Å². The number of Topliss-reactive ketones (excluding diaryl/α,β-unsaturated/α-hetero) is 1. The maximum Gasteiger partial charge on any atom is 0.295 e. The predicted molar refractivity (Wildman–Crippen MR) is 137 cm³/mol. The summed E-state index contributed by atoms with van der Waals surface area (Å²) in [6.45, 7) is 2.54. The third kappa shape index (κ3) is 3.98. The standard InChI is InChI=1S/C29H26N2O5/c1-3-36-20-14-12-18(13-15-20)27(32)25-26(22-16-30-23-10-6-5-9-21(22)23)31(29(34)28(25)33)17-19-8-4-7-11-24(19)35-2/h4-16,26,30,32H,3,17H2,1-2H3/b27-25+. The number of aromatic amines is 1. The minimum absolute atomic E-state index is 0.0452. The minimum Gasteiger partial charge on any atom is -0.507 e. The topological polar surface area (TPSA) is 91.9 Å². The summed E-state index contributed by atoms with van der Waals surface area (Å²) in [5.74, 6) is -0.369. The molecular weight excluding hydrogens is 456 g/mol. The molecule has 1 aromatic heterocycles. The van der Waals surface area contributed by atoms with Gasteiger partial charge in [0.05, 0.1) is 31.9 Å². The third-order valence-corrected chi connectivity index (χ3v) is 6.43. The fourth-order valence-corrected chi connectivity index (χ4v) is 4.73.